The summed E-state index contributed by atoms with van der Waals surface area (Å²) >= 11 is 10.7. The SMILES string of the molecule is CC(C)OP(=S)(NC(=S)NC(C)(C)C)OC(C)C. The summed E-state index contributed by atoms with van der Waals surface area (Å²) in [6.45, 7) is 11.2. The van der Waals surface area contributed by atoms with Gasteiger partial charge in [0.2, 0.25) is 0 Å². The van der Waals surface area contributed by atoms with Crippen LogP contribution in [-0.2, 0) is 20.9 Å². The lowest BCUT2D eigenvalue weighted by atomic mass is 10.1. The molecule has 0 bridgehead atoms. The Labute approximate surface area is 121 Å². The molecule has 0 aromatic rings. The van der Waals surface area contributed by atoms with E-state index in [0.29, 0.717) is 5.11 Å². The molecule has 0 fully saturated rings. The van der Waals surface area contributed by atoms with Gasteiger partial charge in [-0.1, -0.05) is 0 Å². The smallest absolute Gasteiger partial charge is 0.289 e. The first kappa shape index (κ1) is 18.3. The second-order valence-electron chi connectivity index (χ2n) is 5.62. The van der Waals surface area contributed by atoms with E-state index in [2.05, 4.69) is 10.4 Å². The molecule has 0 saturated carbocycles. The minimum Gasteiger partial charge on any atom is -0.358 e. The van der Waals surface area contributed by atoms with E-state index in [1.165, 1.54) is 0 Å². The van der Waals surface area contributed by atoms with Gasteiger partial charge in [0.15, 0.2) is 5.11 Å². The fourth-order valence-corrected chi connectivity index (χ4v) is 4.84. The van der Waals surface area contributed by atoms with Crippen molar-refractivity contribution in [3.05, 3.63) is 0 Å². The topological polar surface area (TPSA) is 42.5 Å². The quantitative estimate of drug-likeness (QED) is 0.600. The number of nitrogens with one attached hydrogen (secondary N) is 2. The van der Waals surface area contributed by atoms with Crippen LogP contribution in [0.2, 0.25) is 0 Å². The molecule has 7 heteroatoms. The molecule has 2 N–H and O–H groups in total. The van der Waals surface area contributed by atoms with Crippen LogP contribution in [0.15, 0.2) is 0 Å². The summed E-state index contributed by atoms with van der Waals surface area (Å²) in [4.78, 5) is 0. The minimum absolute atomic E-state index is 0.0143. The molecule has 0 saturated heterocycles. The third-order valence-corrected chi connectivity index (χ3v) is 4.47. The first-order valence-corrected chi connectivity index (χ1v) is 9.05. The molecule has 0 atom stereocenters. The highest BCUT2D eigenvalue weighted by Gasteiger charge is 2.25. The Morgan fingerprint density at radius 1 is 1.06 bits per heavy atom. The first-order valence-electron chi connectivity index (χ1n) is 6.01. The van der Waals surface area contributed by atoms with E-state index in [0.717, 1.165) is 0 Å². The normalized spacial score (nSPS) is 12.9. The van der Waals surface area contributed by atoms with Crippen LogP contribution in [0.1, 0.15) is 48.5 Å². The zero-order valence-electron chi connectivity index (χ0n) is 12.2. The van der Waals surface area contributed by atoms with Gasteiger partial charge in [-0.3, -0.25) is 5.09 Å². The Hall–Kier alpha value is 0.260. The minimum atomic E-state index is -2.59. The Morgan fingerprint density at radius 3 is 1.72 bits per heavy atom. The highest BCUT2D eigenvalue weighted by atomic mass is 32.5. The van der Waals surface area contributed by atoms with Gasteiger partial charge in [-0.25, -0.2) is 0 Å². The lowest BCUT2D eigenvalue weighted by molar-refractivity contribution is 0.172. The zero-order valence-corrected chi connectivity index (χ0v) is 14.8. The molecule has 0 amide bonds. The van der Waals surface area contributed by atoms with Gasteiger partial charge in [-0.05, 0) is 72.5 Å². The lowest BCUT2D eigenvalue weighted by Crippen LogP contribution is -2.45. The van der Waals surface area contributed by atoms with E-state index in [-0.39, 0.29) is 17.7 Å². The molecular weight excluding hydrogens is 287 g/mol. The van der Waals surface area contributed by atoms with Gasteiger partial charge in [-0.2, -0.15) is 0 Å². The zero-order chi connectivity index (χ0) is 14.6. The van der Waals surface area contributed by atoms with Gasteiger partial charge >= 0.3 is 0 Å². The Kier molecular flexibility index (Phi) is 7.26. The van der Waals surface area contributed by atoms with E-state index >= 15 is 0 Å². The number of hydrogen-bond donors (Lipinski definition) is 2. The van der Waals surface area contributed by atoms with Crippen LogP contribution in [0.5, 0.6) is 0 Å². The van der Waals surface area contributed by atoms with Crippen molar-refractivity contribution >= 4 is 35.8 Å². The van der Waals surface area contributed by atoms with E-state index in [1.807, 2.05) is 48.5 Å². The number of hydrogen-bond acceptors (Lipinski definition) is 4. The summed E-state index contributed by atoms with van der Waals surface area (Å²) in [7, 11) is 0. The highest BCUT2D eigenvalue weighted by molar-refractivity contribution is 8.09. The van der Waals surface area contributed by atoms with Crippen LogP contribution in [0.25, 0.3) is 0 Å². The molecule has 0 aliphatic rings. The van der Waals surface area contributed by atoms with Crippen molar-refractivity contribution in [1.82, 2.24) is 10.4 Å². The molecule has 0 unspecified atom stereocenters. The molecule has 0 aliphatic carbocycles. The Morgan fingerprint density at radius 2 is 1.44 bits per heavy atom. The first-order chi connectivity index (χ1) is 7.93. The van der Waals surface area contributed by atoms with Crippen molar-refractivity contribution in [1.29, 1.82) is 0 Å². The van der Waals surface area contributed by atoms with E-state index < -0.39 is 6.64 Å². The average Bonchev–Trinajstić information content (AvgIpc) is 1.92. The van der Waals surface area contributed by atoms with Crippen molar-refractivity contribution in [3.8, 4) is 0 Å². The molecule has 18 heavy (non-hydrogen) atoms. The summed E-state index contributed by atoms with van der Waals surface area (Å²) in [5, 5.41) is 6.62. The predicted octanol–water partition coefficient (Wildman–Crippen LogP) is 3.32. The van der Waals surface area contributed by atoms with Crippen molar-refractivity contribution in [2.24, 2.45) is 0 Å². The van der Waals surface area contributed by atoms with Gasteiger partial charge < -0.3 is 14.4 Å². The number of rotatable bonds is 5. The summed E-state index contributed by atoms with van der Waals surface area (Å²) < 4.78 is 11.4. The van der Waals surface area contributed by atoms with E-state index in [9.17, 15) is 0 Å². The van der Waals surface area contributed by atoms with Crippen LogP contribution in [0.3, 0.4) is 0 Å². The van der Waals surface area contributed by atoms with E-state index in [1.54, 1.807) is 0 Å². The second-order valence-corrected chi connectivity index (χ2v) is 9.11. The molecule has 0 rings (SSSR count). The number of thiocarbonyl (C=S) groups is 1. The molecule has 0 aromatic carbocycles. The summed E-state index contributed by atoms with van der Waals surface area (Å²) in [6, 6.07) is 0. The van der Waals surface area contributed by atoms with Crippen molar-refractivity contribution < 1.29 is 9.05 Å². The van der Waals surface area contributed by atoms with Gasteiger partial charge in [-0.15, -0.1) is 0 Å². The van der Waals surface area contributed by atoms with Crippen LogP contribution >= 0.6 is 18.9 Å². The molecule has 0 spiro atoms. The van der Waals surface area contributed by atoms with Gasteiger partial charge in [0.25, 0.3) is 6.64 Å². The van der Waals surface area contributed by atoms with Gasteiger partial charge in [0.05, 0.1) is 12.2 Å². The maximum atomic E-state index is 5.70. The second kappa shape index (κ2) is 7.15. The summed E-state index contributed by atoms with van der Waals surface area (Å²) in [6.07, 6.45) is -0.0287. The Bertz CT molecular complexity index is 313. The molecule has 0 aromatic heterocycles. The van der Waals surface area contributed by atoms with Crippen LogP contribution < -0.4 is 10.4 Å². The largest absolute Gasteiger partial charge is 0.358 e. The van der Waals surface area contributed by atoms with E-state index in [4.69, 9.17) is 33.1 Å². The maximum absolute atomic E-state index is 5.70. The molecule has 0 aliphatic heterocycles. The standard InChI is InChI=1S/C11H25N2O2PS2/c1-8(2)14-16(18,15-9(3)4)13-10(17)12-11(5,6)7/h8-9H,1-7H3,(H2,12,13,17,18). The molecule has 0 radical (unpaired) electrons. The Balaban J connectivity index is 4.69. The monoisotopic (exact) mass is 312 g/mol. The fraction of sp³-hybridized carbons (Fsp3) is 0.909. The lowest BCUT2D eigenvalue weighted by Gasteiger charge is -2.30. The summed E-state index contributed by atoms with van der Waals surface area (Å²) in [5.41, 5.74) is -0.125. The van der Waals surface area contributed by atoms with Crippen molar-refractivity contribution in [3.63, 3.8) is 0 Å². The molecular formula is C11H25N2O2PS2. The average molecular weight is 312 g/mol. The predicted molar refractivity (Wildman–Crippen MR) is 85.3 cm³/mol. The third-order valence-electron chi connectivity index (χ3n) is 1.43. The molecule has 0 heterocycles. The summed E-state index contributed by atoms with van der Waals surface area (Å²) in [5.74, 6) is 0. The third kappa shape index (κ3) is 9.22. The molecule has 4 nitrogen and oxygen atoms in total. The van der Waals surface area contributed by atoms with Crippen molar-refractivity contribution in [2.45, 2.75) is 66.2 Å². The van der Waals surface area contributed by atoms with Crippen LogP contribution in [0.4, 0.5) is 0 Å². The highest BCUT2D eigenvalue weighted by Crippen LogP contribution is 2.46. The van der Waals surface area contributed by atoms with Gasteiger partial charge in [0.1, 0.15) is 0 Å². The van der Waals surface area contributed by atoms with Gasteiger partial charge in [0, 0.05) is 5.54 Å². The van der Waals surface area contributed by atoms with Crippen molar-refractivity contribution in [2.75, 3.05) is 0 Å². The van der Waals surface area contributed by atoms with Crippen LogP contribution in [-0.4, -0.2) is 22.9 Å². The maximum Gasteiger partial charge on any atom is 0.289 e. The fourth-order valence-electron chi connectivity index (χ4n) is 1.13. The molecule has 108 valence electrons. The van der Waals surface area contributed by atoms with Crippen LogP contribution in [0, 0.1) is 0 Å².